The number of aliphatic carboxylic acids is 2. The second-order valence-corrected chi connectivity index (χ2v) is 6.91. The van der Waals surface area contributed by atoms with Gasteiger partial charge < -0.3 is 15.1 Å². The molecule has 0 aliphatic heterocycles. The minimum atomic E-state index is -1.82. The number of benzene rings is 2. The van der Waals surface area contributed by atoms with E-state index in [1.54, 1.807) is 11.8 Å². The molecule has 0 heterocycles. The number of likely N-dealkylation sites (N-methyl/N-ethyl adjacent to an activating group) is 1. The summed E-state index contributed by atoms with van der Waals surface area (Å²) in [5, 5.41) is 15.6. The van der Waals surface area contributed by atoms with Crippen molar-refractivity contribution < 1.29 is 19.8 Å². The Morgan fingerprint density at radius 3 is 2.00 bits per heavy atom. The van der Waals surface area contributed by atoms with Gasteiger partial charge in [0, 0.05) is 21.4 Å². The third kappa shape index (κ3) is 8.71. The molecule has 2 aromatic carbocycles. The minimum absolute atomic E-state index is 0.769. The van der Waals surface area contributed by atoms with E-state index < -0.39 is 11.9 Å². The average Bonchev–Trinajstić information content (AvgIpc) is 2.60. The Morgan fingerprint density at radius 1 is 1.00 bits per heavy atom. The monoisotopic (exact) mass is 393 g/mol. The maximum absolute atomic E-state index is 9.10. The third-order valence-electron chi connectivity index (χ3n) is 2.92. The van der Waals surface area contributed by atoms with E-state index in [0.29, 0.717) is 0 Å². The summed E-state index contributed by atoms with van der Waals surface area (Å²) in [5.74, 6) is -3.65. The van der Waals surface area contributed by atoms with Crippen LogP contribution in [0.3, 0.4) is 0 Å². The fourth-order valence-corrected chi connectivity index (χ4v) is 2.80. The lowest BCUT2D eigenvalue weighted by Crippen LogP contribution is -2.10. The fourth-order valence-electron chi connectivity index (χ4n) is 1.71. The molecule has 0 atom stereocenters. The smallest absolute Gasteiger partial charge is 0.414 e. The summed E-state index contributed by atoms with van der Waals surface area (Å²) < 4.78 is 0. The standard InChI is InChI=1S/C17H18ClNS.C2H2O4/c1-19(2)13-12-17(14-8-10-15(18)11-9-14)20-16-6-4-3-5-7-16;3-1(4)2(5)6/h3-12H,13H2,1-2H3;(H,3,4)(H,5,6). The molecule has 0 bridgehead atoms. The molecule has 0 aliphatic rings. The molecule has 2 aromatic rings. The van der Waals surface area contributed by atoms with E-state index in [1.807, 2.05) is 18.2 Å². The number of halogens is 1. The van der Waals surface area contributed by atoms with Gasteiger partial charge in [0.15, 0.2) is 0 Å². The lowest BCUT2D eigenvalue weighted by molar-refractivity contribution is -0.159. The van der Waals surface area contributed by atoms with E-state index in [4.69, 9.17) is 31.4 Å². The van der Waals surface area contributed by atoms with Crippen LogP contribution in [0.4, 0.5) is 0 Å². The number of carbonyl (C=O) groups is 2. The summed E-state index contributed by atoms with van der Waals surface area (Å²) >= 11 is 7.75. The van der Waals surface area contributed by atoms with Crippen molar-refractivity contribution in [1.29, 1.82) is 0 Å². The van der Waals surface area contributed by atoms with Crippen LogP contribution in [0, 0.1) is 0 Å². The Hall–Kier alpha value is -2.28. The predicted octanol–water partition coefficient (Wildman–Crippen LogP) is 4.19. The van der Waals surface area contributed by atoms with Gasteiger partial charge in [-0.25, -0.2) is 9.59 Å². The zero-order chi connectivity index (χ0) is 19.5. The van der Waals surface area contributed by atoms with E-state index in [2.05, 4.69) is 61.5 Å². The Labute approximate surface area is 161 Å². The molecule has 0 fully saturated rings. The second kappa shape index (κ2) is 11.4. The summed E-state index contributed by atoms with van der Waals surface area (Å²) in [6.45, 7) is 0.914. The normalized spacial score (nSPS) is 10.8. The van der Waals surface area contributed by atoms with Crippen LogP contribution in [-0.2, 0) is 9.59 Å². The van der Waals surface area contributed by atoms with Crippen molar-refractivity contribution >= 4 is 40.2 Å². The molecule has 0 saturated carbocycles. The summed E-state index contributed by atoms with van der Waals surface area (Å²) in [7, 11) is 4.15. The molecule has 138 valence electrons. The molecule has 26 heavy (non-hydrogen) atoms. The van der Waals surface area contributed by atoms with Crippen LogP contribution in [0.2, 0.25) is 5.02 Å². The van der Waals surface area contributed by atoms with Crippen molar-refractivity contribution in [2.24, 2.45) is 0 Å². The summed E-state index contributed by atoms with van der Waals surface area (Å²) in [6, 6.07) is 18.4. The molecule has 5 nitrogen and oxygen atoms in total. The number of carboxylic acid groups (broad SMARTS) is 2. The first-order valence-corrected chi connectivity index (χ1v) is 8.79. The molecule has 0 unspecified atom stereocenters. The quantitative estimate of drug-likeness (QED) is 0.585. The van der Waals surface area contributed by atoms with Gasteiger partial charge >= 0.3 is 11.9 Å². The van der Waals surface area contributed by atoms with Gasteiger partial charge in [0.25, 0.3) is 0 Å². The van der Waals surface area contributed by atoms with Gasteiger partial charge in [0.2, 0.25) is 0 Å². The van der Waals surface area contributed by atoms with Gasteiger partial charge in [-0.05, 0) is 43.9 Å². The number of thioether (sulfide) groups is 1. The maximum atomic E-state index is 9.10. The molecule has 0 amide bonds. The number of nitrogens with zero attached hydrogens (tertiary/aromatic N) is 1. The van der Waals surface area contributed by atoms with Crippen LogP contribution in [0.15, 0.2) is 65.6 Å². The molecule has 0 radical (unpaired) electrons. The third-order valence-corrected chi connectivity index (χ3v) is 4.31. The van der Waals surface area contributed by atoms with E-state index in [0.717, 1.165) is 11.6 Å². The SMILES string of the molecule is CN(C)CC=C(Sc1ccccc1)c1ccc(Cl)cc1.O=C(O)C(=O)O. The number of hydrogen-bond acceptors (Lipinski definition) is 4. The highest BCUT2D eigenvalue weighted by atomic mass is 35.5. The Kier molecular flexibility index (Phi) is 9.51. The van der Waals surface area contributed by atoms with E-state index in [1.165, 1.54) is 15.4 Å². The summed E-state index contributed by atoms with van der Waals surface area (Å²) in [5.41, 5.74) is 1.20. The van der Waals surface area contributed by atoms with Crippen LogP contribution >= 0.6 is 23.4 Å². The van der Waals surface area contributed by atoms with Crippen LogP contribution in [0.25, 0.3) is 4.91 Å². The van der Waals surface area contributed by atoms with Crippen molar-refractivity contribution in [3.05, 3.63) is 71.3 Å². The molecule has 7 heteroatoms. The van der Waals surface area contributed by atoms with Crippen molar-refractivity contribution in [1.82, 2.24) is 4.90 Å². The van der Waals surface area contributed by atoms with Crippen molar-refractivity contribution in [3.63, 3.8) is 0 Å². The topological polar surface area (TPSA) is 77.8 Å². The molecular formula is C19H20ClNO4S. The zero-order valence-electron chi connectivity index (χ0n) is 14.4. The molecule has 2 rings (SSSR count). The van der Waals surface area contributed by atoms with Crippen LogP contribution in [0.1, 0.15) is 5.56 Å². The summed E-state index contributed by atoms with van der Waals surface area (Å²) in [4.78, 5) is 22.8. The van der Waals surface area contributed by atoms with Gasteiger partial charge in [0.1, 0.15) is 0 Å². The lowest BCUT2D eigenvalue weighted by Gasteiger charge is -2.11. The lowest BCUT2D eigenvalue weighted by atomic mass is 10.2. The predicted molar refractivity (Wildman–Crippen MR) is 106 cm³/mol. The highest BCUT2D eigenvalue weighted by Crippen LogP contribution is 2.34. The zero-order valence-corrected chi connectivity index (χ0v) is 16.0. The van der Waals surface area contributed by atoms with Crippen molar-refractivity contribution in [3.8, 4) is 0 Å². The number of rotatable bonds is 5. The Bertz CT molecular complexity index is 734. The average molecular weight is 394 g/mol. The van der Waals surface area contributed by atoms with Crippen LogP contribution in [0.5, 0.6) is 0 Å². The molecule has 2 N–H and O–H groups in total. The van der Waals surface area contributed by atoms with Crippen molar-refractivity contribution in [2.75, 3.05) is 20.6 Å². The van der Waals surface area contributed by atoms with E-state index >= 15 is 0 Å². The highest BCUT2D eigenvalue weighted by molar-refractivity contribution is 8.08. The first-order chi connectivity index (χ1) is 12.3. The van der Waals surface area contributed by atoms with Crippen LogP contribution in [-0.4, -0.2) is 47.7 Å². The molecule has 0 aliphatic carbocycles. The van der Waals surface area contributed by atoms with Gasteiger partial charge in [-0.2, -0.15) is 0 Å². The van der Waals surface area contributed by atoms with E-state index in [-0.39, 0.29) is 0 Å². The first-order valence-electron chi connectivity index (χ1n) is 7.59. The molecule has 0 saturated heterocycles. The maximum Gasteiger partial charge on any atom is 0.414 e. The molecule has 0 aromatic heterocycles. The largest absolute Gasteiger partial charge is 0.473 e. The molecule has 0 spiro atoms. The minimum Gasteiger partial charge on any atom is -0.473 e. The fraction of sp³-hybridized carbons (Fsp3) is 0.158. The first kappa shape index (κ1) is 21.8. The Balaban J connectivity index is 0.000000487. The van der Waals surface area contributed by atoms with Crippen LogP contribution < -0.4 is 0 Å². The van der Waals surface area contributed by atoms with Gasteiger partial charge in [-0.3, -0.25) is 0 Å². The van der Waals surface area contributed by atoms with E-state index in [9.17, 15) is 0 Å². The Morgan fingerprint density at radius 2 is 1.54 bits per heavy atom. The van der Waals surface area contributed by atoms with Gasteiger partial charge in [-0.1, -0.05) is 59.8 Å². The van der Waals surface area contributed by atoms with Crippen molar-refractivity contribution in [2.45, 2.75) is 4.90 Å². The number of carboxylic acids is 2. The summed E-state index contributed by atoms with van der Waals surface area (Å²) in [6.07, 6.45) is 2.25. The van der Waals surface area contributed by atoms with Gasteiger partial charge in [0.05, 0.1) is 0 Å². The number of hydrogen-bond donors (Lipinski definition) is 2. The molecular weight excluding hydrogens is 374 g/mol. The second-order valence-electron chi connectivity index (χ2n) is 5.36. The van der Waals surface area contributed by atoms with Gasteiger partial charge in [-0.15, -0.1) is 0 Å². The highest BCUT2D eigenvalue weighted by Gasteiger charge is 2.05.